The first-order valence-electron chi connectivity index (χ1n) is 7.15. The highest BCUT2D eigenvalue weighted by atomic mass is 35.5. The molecule has 0 aliphatic heterocycles. The van der Waals surface area contributed by atoms with E-state index in [0.29, 0.717) is 16.7 Å². The average Bonchev–Trinajstić information content (AvgIpc) is 2.88. The molecule has 0 spiro atoms. The van der Waals surface area contributed by atoms with Crippen molar-refractivity contribution in [1.29, 1.82) is 0 Å². The van der Waals surface area contributed by atoms with Crippen LogP contribution in [0.25, 0.3) is 0 Å². The van der Waals surface area contributed by atoms with Crippen molar-refractivity contribution < 1.29 is 4.74 Å². The number of nitrogens with two attached hydrogens (primary N) is 1. The van der Waals surface area contributed by atoms with Crippen LogP contribution in [0.15, 0.2) is 18.2 Å². The van der Waals surface area contributed by atoms with Crippen LogP contribution in [0.5, 0.6) is 0 Å². The van der Waals surface area contributed by atoms with Gasteiger partial charge in [-0.05, 0) is 43.9 Å². The summed E-state index contributed by atoms with van der Waals surface area (Å²) in [4.78, 5) is 0. The molecule has 1 unspecified atom stereocenters. The minimum Gasteiger partial charge on any atom is -0.374 e. The summed E-state index contributed by atoms with van der Waals surface area (Å²) in [5.74, 6) is 5.80. The Morgan fingerprint density at radius 1 is 1.35 bits per heavy atom. The van der Waals surface area contributed by atoms with Crippen LogP contribution in [0.2, 0.25) is 10.0 Å². The van der Waals surface area contributed by atoms with Crippen molar-refractivity contribution >= 4 is 23.2 Å². The number of ether oxygens (including phenoxy) is 1. The topological polar surface area (TPSA) is 47.3 Å². The molecular weight excluding hydrogens is 295 g/mol. The second-order valence-corrected chi connectivity index (χ2v) is 6.21. The minimum absolute atomic E-state index is 0.0589. The largest absolute Gasteiger partial charge is 0.374 e. The zero-order valence-electron chi connectivity index (χ0n) is 11.8. The molecule has 1 aliphatic rings. The third-order valence-corrected chi connectivity index (χ3v) is 4.74. The zero-order chi connectivity index (χ0) is 14.6. The van der Waals surface area contributed by atoms with Gasteiger partial charge in [-0.25, -0.2) is 0 Å². The normalized spacial score (nSPS) is 19.2. The van der Waals surface area contributed by atoms with Crippen LogP contribution in [-0.2, 0) is 11.2 Å². The van der Waals surface area contributed by atoms with Gasteiger partial charge in [0.2, 0.25) is 0 Å². The molecule has 1 atom stereocenters. The van der Waals surface area contributed by atoms with E-state index in [4.69, 9.17) is 33.8 Å². The molecule has 1 aromatic rings. The average molecular weight is 317 g/mol. The lowest BCUT2D eigenvalue weighted by molar-refractivity contribution is -0.0613. The quantitative estimate of drug-likeness (QED) is 0.621. The first-order valence-corrected chi connectivity index (χ1v) is 7.91. The highest BCUT2D eigenvalue weighted by Crippen LogP contribution is 2.38. The van der Waals surface area contributed by atoms with Crippen molar-refractivity contribution in [3.63, 3.8) is 0 Å². The van der Waals surface area contributed by atoms with E-state index in [1.54, 1.807) is 6.07 Å². The van der Waals surface area contributed by atoms with E-state index in [2.05, 4.69) is 5.43 Å². The first-order chi connectivity index (χ1) is 9.61. The summed E-state index contributed by atoms with van der Waals surface area (Å²) in [7, 11) is 0. The molecule has 112 valence electrons. The number of nitrogens with one attached hydrogen (secondary N) is 1. The van der Waals surface area contributed by atoms with Gasteiger partial charge in [-0.3, -0.25) is 11.3 Å². The Hall–Kier alpha value is -0.320. The maximum absolute atomic E-state index is 6.27. The van der Waals surface area contributed by atoms with Crippen LogP contribution >= 0.6 is 23.2 Å². The lowest BCUT2D eigenvalue weighted by Gasteiger charge is -2.37. The van der Waals surface area contributed by atoms with Gasteiger partial charge in [0.1, 0.15) is 0 Å². The fraction of sp³-hybridized carbons (Fsp3) is 0.600. The summed E-state index contributed by atoms with van der Waals surface area (Å²) in [6.07, 6.45) is 5.20. The van der Waals surface area contributed by atoms with Crippen LogP contribution in [0, 0.1) is 0 Å². The molecule has 1 fully saturated rings. The third kappa shape index (κ3) is 3.46. The van der Waals surface area contributed by atoms with Crippen LogP contribution in [0.3, 0.4) is 0 Å². The van der Waals surface area contributed by atoms with Crippen molar-refractivity contribution in [1.82, 2.24) is 5.43 Å². The Morgan fingerprint density at radius 2 is 2.05 bits per heavy atom. The van der Waals surface area contributed by atoms with Crippen LogP contribution in [-0.4, -0.2) is 18.2 Å². The van der Waals surface area contributed by atoms with Crippen LogP contribution in [0.4, 0.5) is 0 Å². The molecule has 1 aromatic carbocycles. The Labute approximate surface area is 130 Å². The standard InChI is InChI=1S/C15H22Cl2N2O/c1-2-20-15(7-3-4-8-15)14(19-18)9-11-5-6-12(16)10-13(11)17/h5-6,10,14,19H,2-4,7-9,18H2,1H3. The van der Waals surface area contributed by atoms with Crippen LogP contribution < -0.4 is 11.3 Å². The second kappa shape index (κ2) is 7.10. The highest BCUT2D eigenvalue weighted by molar-refractivity contribution is 6.35. The molecule has 0 aromatic heterocycles. The van der Waals surface area contributed by atoms with Crippen molar-refractivity contribution in [2.45, 2.75) is 50.7 Å². The highest BCUT2D eigenvalue weighted by Gasteiger charge is 2.41. The van der Waals surface area contributed by atoms with Crippen molar-refractivity contribution in [3.05, 3.63) is 33.8 Å². The van der Waals surface area contributed by atoms with Gasteiger partial charge in [-0.1, -0.05) is 42.1 Å². The number of benzene rings is 1. The Morgan fingerprint density at radius 3 is 2.60 bits per heavy atom. The molecule has 1 saturated carbocycles. The van der Waals surface area contributed by atoms with E-state index in [-0.39, 0.29) is 11.6 Å². The summed E-state index contributed by atoms with van der Waals surface area (Å²) in [5, 5.41) is 1.33. The van der Waals surface area contributed by atoms with E-state index >= 15 is 0 Å². The van der Waals surface area contributed by atoms with Gasteiger partial charge in [-0.2, -0.15) is 0 Å². The smallest absolute Gasteiger partial charge is 0.0851 e. The van der Waals surface area contributed by atoms with Gasteiger partial charge in [0.25, 0.3) is 0 Å². The van der Waals surface area contributed by atoms with Crippen molar-refractivity contribution in [2.75, 3.05) is 6.61 Å². The molecule has 0 amide bonds. The Bertz CT molecular complexity index is 447. The third-order valence-electron chi connectivity index (χ3n) is 4.16. The Kier molecular flexibility index (Phi) is 5.70. The molecule has 0 heterocycles. The molecule has 0 saturated heterocycles. The fourth-order valence-electron chi connectivity index (χ4n) is 3.16. The second-order valence-electron chi connectivity index (χ2n) is 5.36. The van der Waals surface area contributed by atoms with E-state index in [0.717, 1.165) is 24.8 Å². The number of rotatable bonds is 6. The maximum atomic E-state index is 6.27. The van der Waals surface area contributed by atoms with Gasteiger partial charge in [0.05, 0.1) is 11.6 Å². The molecule has 3 nitrogen and oxygen atoms in total. The van der Waals surface area contributed by atoms with E-state index in [1.807, 2.05) is 19.1 Å². The van der Waals surface area contributed by atoms with Gasteiger partial charge in [0.15, 0.2) is 0 Å². The van der Waals surface area contributed by atoms with Crippen LogP contribution in [0.1, 0.15) is 38.2 Å². The molecule has 20 heavy (non-hydrogen) atoms. The van der Waals surface area contributed by atoms with E-state index in [1.165, 1.54) is 12.8 Å². The molecular formula is C15H22Cl2N2O. The molecule has 0 radical (unpaired) electrons. The summed E-state index contributed by atoms with van der Waals surface area (Å²) >= 11 is 12.2. The molecule has 3 N–H and O–H groups in total. The summed E-state index contributed by atoms with van der Waals surface area (Å²) < 4.78 is 6.07. The predicted octanol–water partition coefficient (Wildman–Crippen LogP) is 3.72. The monoisotopic (exact) mass is 316 g/mol. The number of hydrazine groups is 1. The SMILES string of the molecule is CCOC1(C(Cc2ccc(Cl)cc2Cl)NN)CCCC1. The zero-order valence-corrected chi connectivity index (χ0v) is 13.3. The summed E-state index contributed by atoms with van der Waals surface area (Å²) in [5.41, 5.74) is 3.82. The van der Waals surface area contributed by atoms with E-state index < -0.39 is 0 Å². The summed E-state index contributed by atoms with van der Waals surface area (Å²) in [6.45, 7) is 2.73. The number of hydrogen-bond acceptors (Lipinski definition) is 3. The van der Waals surface area contributed by atoms with Gasteiger partial charge < -0.3 is 4.74 Å². The molecule has 5 heteroatoms. The van der Waals surface area contributed by atoms with E-state index in [9.17, 15) is 0 Å². The number of halogens is 2. The lowest BCUT2D eigenvalue weighted by Crippen LogP contribution is -2.54. The fourth-order valence-corrected chi connectivity index (χ4v) is 3.64. The molecule has 0 bridgehead atoms. The minimum atomic E-state index is -0.174. The van der Waals surface area contributed by atoms with Crippen molar-refractivity contribution in [2.24, 2.45) is 5.84 Å². The molecule has 2 rings (SSSR count). The number of hydrogen-bond donors (Lipinski definition) is 2. The Balaban J connectivity index is 2.18. The molecule has 1 aliphatic carbocycles. The lowest BCUT2D eigenvalue weighted by atomic mass is 9.87. The summed E-state index contributed by atoms with van der Waals surface area (Å²) in [6, 6.07) is 5.65. The van der Waals surface area contributed by atoms with Crippen molar-refractivity contribution in [3.8, 4) is 0 Å². The van der Waals surface area contributed by atoms with Gasteiger partial charge >= 0.3 is 0 Å². The van der Waals surface area contributed by atoms with Gasteiger partial charge in [0, 0.05) is 16.7 Å². The first kappa shape index (κ1) is 16.1. The maximum Gasteiger partial charge on any atom is 0.0851 e. The van der Waals surface area contributed by atoms with Gasteiger partial charge in [-0.15, -0.1) is 0 Å². The predicted molar refractivity (Wildman–Crippen MR) is 84.1 cm³/mol.